The van der Waals surface area contributed by atoms with E-state index in [4.69, 9.17) is 5.11 Å². The van der Waals surface area contributed by atoms with Gasteiger partial charge < -0.3 is 15.7 Å². The minimum absolute atomic E-state index is 0.0518. The van der Waals surface area contributed by atoms with Gasteiger partial charge in [0.05, 0.1) is 0 Å². The standard InChI is InChI=1S/C14H28N2O3/c1-9(2)6-7-11(5)15-14(19)16-12(13(17)18)8-10(3)4/h9-12H,6-8H2,1-5H3,(H,17,18)(H2,15,16,19). The highest BCUT2D eigenvalue weighted by molar-refractivity contribution is 5.82. The number of aliphatic carboxylic acids is 1. The van der Waals surface area contributed by atoms with E-state index in [1.807, 2.05) is 20.8 Å². The number of carboxylic acid groups (broad SMARTS) is 1. The van der Waals surface area contributed by atoms with E-state index in [-0.39, 0.29) is 12.0 Å². The largest absolute Gasteiger partial charge is 0.480 e. The van der Waals surface area contributed by atoms with Gasteiger partial charge in [-0.1, -0.05) is 27.7 Å². The maximum Gasteiger partial charge on any atom is 0.326 e. The Morgan fingerprint density at radius 3 is 1.95 bits per heavy atom. The molecule has 0 aliphatic heterocycles. The van der Waals surface area contributed by atoms with E-state index in [1.54, 1.807) is 0 Å². The summed E-state index contributed by atoms with van der Waals surface area (Å²) in [7, 11) is 0. The Morgan fingerprint density at radius 2 is 1.53 bits per heavy atom. The second-order valence-corrected chi connectivity index (χ2v) is 6.01. The Hall–Kier alpha value is -1.26. The topological polar surface area (TPSA) is 78.4 Å². The van der Waals surface area contributed by atoms with Gasteiger partial charge in [0, 0.05) is 6.04 Å². The predicted octanol–water partition coefficient (Wildman–Crippen LogP) is 2.61. The van der Waals surface area contributed by atoms with Crippen molar-refractivity contribution in [1.82, 2.24) is 10.6 Å². The van der Waals surface area contributed by atoms with Crippen molar-refractivity contribution in [2.75, 3.05) is 0 Å². The van der Waals surface area contributed by atoms with Crippen molar-refractivity contribution in [2.45, 2.75) is 66.0 Å². The summed E-state index contributed by atoms with van der Waals surface area (Å²) in [4.78, 5) is 22.7. The second-order valence-electron chi connectivity index (χ2n) is 6.01. The molecule has 2 unspecified atom stereocenters. The molecular weight excluding hydrogens is 244 g/mol. The van der Waals surface area contributed by atoms with Gasteiger partial charge in [0.15, 0.2) is 0 Å². The fourth-order valence-corrected chi connectivity index (χ4v) is 1.77. The van der Waals surface area contributed by atoms with Crippen molar-refractivity contribution in [3.8, 4) is 0 Å². The Bertz CT molecular complexity index is 290. The zero-order valence-corrected chi connectivity index (χ0v) is 12.7. The number of nitrogens with one attached hydrogen (secondary N) is 2. The van der Waals surface area contributed by atoms with E-state index in [1.165, 1.54) is 0 Å². The molecule has 3 N–H and O–H groups in total. The smallest absolute Gasteiger partial charge is 0.326 e. The summed E-state index contributed by atoms with van der Waals surface area (Å²) in [5.41, 5.74) is 0. The molecule has 2 amide bonds. The van der Waals surface area contributed by atoms with Crippen LogP contribution < -0.4 is 10.6 Å². The lowest BCUT2D eigenvalue weighted by atomic mass is 10.0. The van der Waals surface area contributed by atoms with Crippen LogP contribution in [-0.4, -0.2) is 29.2 Å². The van der Waals surface area contributed by atoms with E-state index >= 15 is 0 Å². The highest BCUT2D eigenvalue weighted by Crippen LogP contribution is 2.07. The minimum Gasteiger partial charge on any atom is -0.480 e. The predicted molar refractivity (Wildman–Crippen MR) is 76.1 cm³/mol. The summed E-state index contributed by atoms with van der Waals surface area (Å²) >= 11 is 0. The van der Waals surface area contributed by atoms with Gasteiger partial charge in [0.1, 0.15) is 6.04 Å². The number of hydrogen-bond acceptors (Lipinski definition) is 2. The zero-order valence-electron chi connectivity index (χ0n) is 12.7. The molecule has 0 saturated heterocycles. The van der Waals surface area contributed by atoms with Crippen molar-refractivity contribution < 1.29 is 14.7 Å². The lowest BCUT2D eigenvalue weighted by molar-refractivity contribution is -0.139. The molecule has 0 heterocycles. The van der Waals surface area contributed by atoms with E-state index in [9.17, 15) is 9.59 Å². The average molecular weight is 272 g/mol. The molecule has 112 valence electrons. The van der Waals surface area contributed by atoms with Crippen LogP contribution in [0.25, 0.3) is 0 Å². The van der Waals surface area contributed by atoms with Crippen LogP contribution in [0.1, 0.15) is 53.9 Å². The van der Waals surface area contributed by atoms with Crippen molar-refractivity contribution in [1.29, 1.82) is 0 Å². The monoisotopic (exact) mass is 272 g/mol. The highest BCUT2D eigenvalue weighted by atomic mass is 16.4. The molecule has 0 radical (unpaired) electrons. The van der Waals surface area contributed by atoms with E-state index in [2.05, 4.69) is 24.5 Å². The number of carbonyl (C=O) groups excluding carboxylic acids is 1. The van der Waals surface area contributed by atoms with E-state index in [0.29, 0.717) is 12.3 Å². The number of carboxylic acids is 1. The third-order valence-corrected chi connectivity index (χ3v) is 2.87. The fourth-order valence-electron chi connectivity index (χ4n) is 1.77. The van der Waals surface area contributed by atoms with Gasteiger partial charge in [-0.25, -0.2) is 9.59 Å². The minimum atomic E-state index is -0.987. The van der Waals surface area contributed by atoms with Crippen LogP contribution in [0.4, 0.5) is 4.79 Å². The Morgan fingerprint density at radius 1 is 0.947 bits per heavy atom. The lowest BCUT2D eigenvalue weighted by Gasteiger charge is -2.20. The van der Waals surface area contributed by atoms with Crippen LogP contribution in [-0.2, 0) is 4.79 Å². The van der Waals surface area contributed by atoms with Crippen LogP contribution in [0.15, 0.2) is 0 Å². The molecule has 0 aromatic rings. The van der Waals surface area contributed by atoms with Gasteiger partial charge in [-0.2, -0.15) is 0 Å². The number of hydrogen-bond donors (Lipinski definition) is 3. The molecule has 0 spiro atoms. The third kappa shape index (κ3) is 9.33. The van der Waals surface area contributed by atoms with Crippen molar-refractivity contribution >= 4 is 12.0 Å². The maximum absolute atomic E-state index is 11.7. The molecule has 0 aliphatic carbocycles. The van der Waals surface area contributed by atoms with Crippen molar-refractivity contribution in [2.24, 2.45) is 11.8 Å². The van der Waals surface area contributed by atoms with Gasteiger partial charge in [0.25, 0.3) is 0 Å². The highest BCUT2D eigenvalue weighted by Gasteiger charge is 2.21. The Balaban J connectivity index is 4.15. The average Bonchev–Trinajstić information content (AvgIpc) is 2.24. The molecule has 0 rings (SSSR count). The van der Waals surface area contributed by atoms with Crippen LogP contribution in [0.3, 0.4) is 0 Å². The molecular formula is C14H28N2O3. The summed E-state index contributed by atoms with van der Waals surface area (Å²) in [6, 6.07) is -1.17. The summed E-state index contributed by atoms with van der Waals surface area (Å²) in [5.74, 6) is -0.168. The van der Waals surface area contributed by atoms with Crippen LogP contribution in [0.2, 0.25) is 0 Å². The van der Waals surface area contributed by atoms with Crippen molar-refractivity contribution in [3.63, 3.8) is 0 Å². The molecule has 0 fully saturated rings. The zero-order chi connectivity index (χ0) is 15.0. The molecule has 0 aromatic heterocycles. The SMILES string of the molecule is CC(C)CCC(C)NC(=O)NC(CC(C)C)C(=O)O. The number of carbonyl (C=O) groups is 2. The molecule has 0 aromatic carbocycles. The summed E-state index contributed by atoms with van der Waals surface area (Å²) in [5, 5.41) is 14.3. The quantitative estimate of drug-likeness (QED) is 0.635. The first kappa shape index (κ1) is 17.7. The molecule has 19 heavy (non-hydrogen) atoms. The molecule has 5 nitrogen and oxygen atoms in total. The van der Waals surface area contributed by atoms with Crippen LogP contribution >= 0.6 is 0 Å². The van der Waals surface area contributed by atoms with Crippen molar-refractivity contribution in [3.05, 3.63) is 0 Å². The van der Waals surface area contributed by atoms with Crippen LogP contribution in [0, 0.1) is 11.8 Å². The Kier molecular flexibility index (Phi) is 8.19. The van der Waals surface area contributed by atoms with Gasteiger partial charge in [-0.3, -0.25) is 0 Å². The first-order valence-electron chi connectivity index (χ1n) is 7.02. The maximum atomic E-state index is 11.7. The molecule has 5 heteroatoms. The normalized spacial score (nSPS) is 14.3. The van der Waals surface area contributed by atoms with E-state index in [0.717, 1.165) is 12.8 Å². The lowest BCUT2D eigenvalue weighted by Crippen LogP contribution is -2.48. The van der Waals surface area contributed by atoms with Gasteiger partial charge in [0.2, 0.25) is 0 Å². The number of urea groups is 1. The van der Waals surface area contributed by atoms with E-state index < -0.39 is 18.0 Å². The van der Waals surface area contributed by atoms with Gasteiger partial charge in [-0.15, -0.1) is 0 Å². The third-order valence-electron chi connectivity index (χ3n) is 2.87. The molecule has 2 atom stereocenters. The van der Waals surface area contributed by atoms with Gasteiger partial charge >= 0.3 is 12.0 Å². The first-order chi connectivity index (χ1) is 8.72. The van der Waals surface area contributed by atoms with Gasteiger partial charge in [-0.05, 0) is 38.0 Å². The fraction of sp³-hybridized carbons (Fsp3) is 0.857. The summed E-state index contributed by atoms with van der Waals surface area (Å²) < 4.78 is 0. The molecule has 0 aliphatic rings. The second kappa shape index (κ2) is 8.77. The number of amides is 2. The first-order valence-corrected chi connectivity index (χ1v) is 7.02. The Labute approximate surface area is 116 Å². The molecule has 0 bridgehead atoms. The van der Waals surface area contributed by atoms with Crippen LogP contribution in [0.5, 0.6) is 0 Å². The number of rotatable bonds is 8. The summed E-state index contributed by atoms with van der Waals surface area (Å²) in [6.45, 7) is 10.1. The molecule has 0 saturated carbocycles. The summed E-state index contributed by atoms with van der Waals surface area (Å²) in [6.07, 6.45) is 2.37.